The monoisotopic (exact) mass is 216 g/mol. The predicted molar refractivity (Wildman–Crippen MR) is 63.9 cm³/mol. The van der Waals surface area contributed by atoms with Gasteiger partial charge in [-0.1, -0.05) is 0 Å². The minimum atomic E-state index is 0.663. The number of hydrogen-bond acceptors (Lipinski definition) is 3. The zero-order valence-corrected chi connectivity index (χ0v) is 9.64. The highest BCUT2D eigenvalue weighted by Crippen LogP contribution is 2.19. The number of nitrogens with two attached hydrogens (primary N) is 1. The van der Waals surface area contributed by atoms with E-state index >= 15 is 0 Å². The Kier molecular flexibility index (Phi) is 3.01. The van der Waals surface area contributed by atoms with Crippen LogP contribution >= 0.6 is 0 Å². The van der Waals surface area contributed by atoms with Gasteiger partial charge in [0.05, 0.1) is 11.9 Å². The molecule has 0 aliphatic carbocycles. The highest BCUT2D eigenvalue weighted by atomic mass is 15.1. The van der Waals surface area contributed by atoms with Crippen LogP contribution in [0.3, 0.4) is 0 Å². The second-order valence-corrected chi connectivity index (χ2v) is 3.93. The first-order chi connectivity index (χ1) is 7.72. The summed E-state index contributed by atoms with van der Waals surface area (Å²) in [6.07, 6.45) is 2.64. The maximum atomic E-state index is 5.56. The Hall–Kier alpha value is -1.68. The zero-order chi connectivity index (χ0) is 11.5. The summed E-state index contributed by atoms with van der Waals surface area (Å²) in [6.45, 7) is 2.68. The summed E-state index contributed by atoms with van der Waals surface area (Å²) in [5.74, 6) is 0. The van der Waals surface area contributed by atoms with Gasteiger partial charge in [0, 0.05) is 12.7 Å². The standard InChI is InChI=1S/C12H16N4/c1-9-7-11(15-14-8-9)12-4-3-10(5-6-13)16(12)2/h3-4,7-8H,5-6,13H2,1-2H3. The van der Waals surface area contributed by atoms with Crippen molar-refractivity contribution >= 4 is 0 Å². The van der Waals surface area contributed by atoms with Crippen molar-refractivity contribution in [2.24, 2.45) is 12.8 Å². The van der Waals surface area contributed by atoms with E-state index in [4.69, 9.17) is 5.73 Å². The molecule has 0 saturated carbocycles. The fraction of sp³-hybridized carbons (Fsp3) is 0.333. The van der Waals surface area contributed by atoms with E-state index in [1.165, 1.54) is 5.69 Å². The van der Waals surface area contributed by atoms with Crippen LogP contribution in [0.4, 0.5) is 0 Å². The normalized spacial score (nSPS) is 10.7. The minimum absolute atomic E-state index is 0.663. The van der Waals surface area contributed by atoms with Gasteiger partial charge in [0.25, 0.3) is 0 Å². The first kappa shape index (κ1) is 10.8. The zero-order valence-electron chi connectivity index (χ0n) is 9.64. The molecule has 0 atom stereocenters. The molecule has 0 saturated heterocycles. The third-order valence-corrected chi connectivity index (χ3v) is 2.68. The molecule has 0 spiro atoms. The van der Waals surface area contributed by atoms with E-state index in [9.17, 15) is 0 Å². The lowest BCUT2D eigenvalue weighted by atomic mass is 10.2. The molecule has 0 unspecified atom stereocenters. The number of rotatable bonds is 3. The molecule has 16 heavy (non-hydrogen) atoms. The van der Waals surface area contributed by atoms with Gasteiger partial charge >= 0.3 is 0 Å². The first-order valence-corrected chi connectivity index (χ1v) is 5.36. The summed E-state index contributed by atoms with van der Waals surface area (Å²) in [5.41, 5.74) is 9.89. The van der Waals surface area contributed by atoms with Crippen molar-refractivity contribution in [2.75, 3.05) is 6.54 Å². The molecule has 0 bridgehead atoms. The summed E-state index contributed by atoms with van der Waals surface area (Å²) < 4.78 is 2.12. The van der Waals surface area contributed by atoms with E-state index in [0.717, 1.165) is 23.4 Å². The Bertz CT molecular complexity index is 488. The minimum Gasteiger partial charge on any atom is -0.346 e. The summed E-state index contributed by atoms with van der Waals surface area (Å²) >= 11 is 0. The van der Waals surface area contributed by atoms with Crippen LogP contribution in [0.1, 0.15) is 11.3 Å². The molecule has 2 aromatic heterocycles. The van der Waals surface area contributed by atoms with Gasteiger partial charge in [-0.05, 0) is 43.7 Å². The Balaban J connectivity index is 2.41. The van der Waals surface area contributed by atoms with Gasteiger partial charge < -0.3 is 10.3 Å². The molecular formula is C12H16N4. The molecule has 2 aromatic rings. The molecular weight excluding hydrogens is 200 g/mol. The van der Waals surface area contributed by atoms with Crippen LogP contribution in [0, 0.1) is 6.92 Å². The van der Waals surface area contributed by atoms with Crippen LogP contribution in [-0.2, 0) is 13.5 Å². The molecule has 0 amide bonds. The van der Waals surface area contributed by atoms with Gasteiger partial charge in [-0.3, -0.25) is 0 Å². The van der Waals surface area contributed by atoms with Gasteiger partial charge in [0.2, 0.25) is 0 Å². The lowest BCUT2D eigenvalue weighted by molar-refractivity contribution is 0.808. The van der Waals surface area contributed by atoms with E-state index in [-0.39, 0.29) is 0 Å². The van der Waals surface area contributed by atoms with E-state index in [1.807, 2.05) is 20.0 Å². The number of nitrogens with zero attached hydrogens (tertiary/aromatic N) is 3. The third kappa shape index (κ3) is 1.97. The molecule has 0 aromatic carbocycles. The molecule has 4 heteroatoms. The highest BCUT2D eigenvalue weighted by molar-refractivity contribution is 5.56. The van der Waals surface area contributed by atoms with Gasteiger partial charge in [-0.25, -0.2) is 0 Å². The SMILES string of the molecule is Cc1cnnc(-c2ccc(CCN)n2C)c1. The summed E-state index contributed by atoms with van der Waals surface area (Å²) in [5, 5.41) is 8.11. The largest absolute Gasteiger partial charge is 0.346 e. The van der Waals surface area contributed by atoms with Gasteiger partial charge in [0.1, 0.15) is 5.69 Å². The second kappa shape index (κ2) is 4.45. The quantitative estimate of drug-likeness (QED) is 0.841. The number of hydrogen-bond donors (Lipinski definition) is 1. The van der Waals surface area contributed by atoms with Crippen molar-refractivity contribution in [3.63, 3.8) is 0 Å². The third-order valence-electron chi connectivity index (χ3n) is 2.68. The maximum absolute atomic E-state index is 5.56. The molecule has 2 N–H and O–H groups in total. The van der Waals surface area contributed by atoms with Crippen LogP contribution < -0.4 is 5.73 Å². The maximum Gasteiger partial charge on any atom is 0.110 e. The first-order valence-electron chi connectivity index (χ1n) is 5.36. The molecule has 0 aliphatic rings. The molecule has 2 rings (SSSR count). The highest BCUT2D eigenvalue weighted by Gasteiger charge is 2.07. The van der Waals surface area contributed by atoms with Crippen molar-refractivity contribution in [2.45, 2.75) is 13.3 Å². The van der Waals surface area contributed by atoms with E-state index in [2.05, 4.69) is 26.9 Å². The smallest absolute Gasteiger partial charge is 0.110 e. The van der Waals surface area contributed by atoms with Crippen LogP contribution in [-0.4, -0.2) is 21.3 Å². The summed E-state index contributed by atoms with van der Waals surface area (Å²) in [7, 11) is 2.03. The van der Waals surface area contributed by atoms with Crippen molar-refractivity contribution in [3.05, 3.63) is 35.7 Å². The van der Waals surface area contributed by atoms with Gasteiger partial charge in [-0.2, -0.15) is 5.10 Å². The van der Waals surface area contributed by atoms with Crippen LogP contribution in [0.15, 0.2) is 24.4 Å². The van der Waals surface area contributed by atoms with Crippen molar-refractivity contribution in [1.29, 1.82) is 0 Å². The lowest BCUT2D eigenvalue weighted by Gasteiger charge is -2.06. The second-order valence-electron chi connectivity index (χ2n) is 3.93. The molecule has 4 nitrogen and oxygen atoms in total. The van der Waals surface area contributed by atoms with E-state index < -0.39 is 0 Å². The fourth-order valence-electron chi connectivity index (χ4n) is 1.80. The summed E-state index contributed by atoms with van der Waals surface area (Å²) in [4.78, 5) is 0. The molecule has 0 fully saturated rings. The van der Waals surface area contributed by atoms with Crippen molar-refractivity contribution < 1.29 is 0 Å². The molecule has 84 valence electrons. The molecule has 0 radical (unpaired) electrons. The average Bonchev–Trinajstić information content (AvgIpc) is 2.61. The number of aromatic nitrogens is 3. The lowest BCUT2D eigenvalue weighted by Crippen LogP contribution is -2.07. The number of aryl methyl sites for hydroxylation is 1. The fourth-order valence-corrected chi connectivity index (χ4v) is 1.80. The molecule has 2 heterocycles. The Morgan fingerprint density at radius 1 is 1.38 bits per heavy atom. The predicted octanol–water partition coefficient (Wildman–Crippen LogP) is 1.29. The van der Waals surface area contributed by atoms with Crippen molar-refractivity contribution in [3.8, 4) is 11.4 Å². The molecule has 0 aliphatic heterocycles. The average molecular weight is 216 g/mol. The van der Waals surface area contributed by atoms with Gasteiger partial charge in [0.15, 0.2) is 0 Å². The topological polar surface area (TPSA) is 56.7 Å². The van der Waals surface area contributed by atoms with Crippen LogP contribution in [0.2, 0.25) is 0 Å². The van der Waals surface area contributed by atoms with E-state index in [1.54, 1.807) is 6.20 Å². The Labute approximate surface area is 95.1 Å². The summed E-state index contributed by atoms with van der Waals surface area (Å²) in [6, 6.07) is 6.19. The van der Waals surface area contributed by atoms with Crippen LogP contribution in [0.25, 0.3) is 11.4 Å². The van der Waals surface area contributed by atoms with Crippen molar-refractivity contribution in [1.82, 2.24) is 14.8 Å². The van der Waals surface area contributed by atoms with Crippen LogP contribution in [0.5, 0.6) is 0 Å². The van der Waals surface area contributed by atoms with Gasteiger partial charge in [-0.15, -0.1) is 5.10 Å². The van der Waals surface area contributed by atoms with E-state index in [0.29, 0.717) is 6.54 Å². The Morgan fingerprint density at radius 3 is 2.88 bits per heavy atom. The Morgan fingerprint density at radius 2 is 2.19 bits per heavy atom.